The molecule has 0 aliphatic carbocycles. The van der Waals surface area contributed by atoms with Crippen molar-refractivity contribution in [3.63, 3.8) is 0 Å². The van der Waals surface area contributed by atoms with Crippen molar-refractivity contribution in [1.29, 1.82) is 0 Å². The number of nitrogens with zero attached hydrogens (tertiary/aromatic N) is 2. The zero-order valence-electron chi connectivity index (χ0n) is 18.0. The lowest BCUT2D eigenvalue weighted by Crippen LogP contribution is -2.41. The van der Waals surface area contributed by atoms with E-state index in [1.165, 1.54) is 30.3 Å². The number of non-ortho nitro benzene ring substituents is 1. The first-order valence-corrected chi connectivity index (χ1v) is 11.4. The first kappa shape index (κ1) is 23.7. The van der Waals surface area contributed by atoms with Crippen molar-refractivity contribution in [1.82, 2.24) is 5.32 Å². The molecule has 0 saturated heterocycles. The molecule has 1 atom stereocenters. The van der Waals surface area contributed by atoms with Crippen LogP contribution in [0.1, 0.15) is 18.5 Å². The third kappa shape index (κ3) is 5.66. The van der Waals surface area contributed by atoms with Gasteiger partial charge in [-0.15, -0.1) is 0 Å². The number of benzene rings is 3. The molecule has 0 saturated carbocycles. The number of nitrogens with one attached hydrogen (secondary N) is 1. The fourth-order valence-corrected chi connectivity index (χ4v) is 4.62. The minimum absolute atomic E-state index is 0.0142. The summed E-state index contributed by atoms with van der Waals surface area (Å²) in [6, 6.07) is 19.4. The monoisotopic (exact) mass is 469 g/mol. The van der Waals surface area contributed by atoms with E-state index in [0.29, 0.717) is 5.75 Å². The first-order valence-electron chi connectivity index (χ1n) is 9.98. The zero-order valence-corrected chi connectivity index (χ0v) is 18.9. The number of ether oxygens (including phenoxy) is 1. The standard InChI is InChI=1S/C23H23N3O6S/c1-17(18-11-13-21(32-2)14-12-18)24-23(27)16-25(19-7-6-8-20(15-19)26(28)29)33(30,31)22-9-4-3-5-10-22/h3-15,17H,16H2,1-2H3,(H,24,27). The molecule has 0 aromatic heterocycles. The molecule has 1 amide bonds. The molecule has 9 nitrogen and oxygen atoms in total. The molecule has 0 radical (unpaired) electrons. The Bertz CT molecular complexity index is 1230. The number of hydrogen-bond acceptors (Lipinski definition) is 6. The smallest absolute Gasteiger partial charge is 0.271 e. The molecule has 0 spiro atoms. The maximum absolute atomic E-state index is 13.3. The van der Waals surface area contributed by atoms with Crippen molar-refractivity contribution in [2.24, 2.45) is 0 Å². The van der Waals surface area contributed by atoms with Crippen LogP contribution in [0.3, 0.4) is 0 Å². The fourth-order valence-electron chi connectivity index (χ4n) is 3.19. The van der Waals surface area contributed by atoms with Crippen LogP contribution in [-0.2, 0) is 14.8 Å². The molecule has 1 N–H and O–H groups in total. The Labute approximate surface area is 191 Å². The summed E-state index contributed by atoms with van der Waals surface area (Å²) in [6.07, 6.45) is 0. The number of carbonyl (C=O) groups excluding carboxylic acids is 1. The number of amides is 1. The van der Waals surface area contributed by atoms with Crippen LogP contribution in [-0.4, -0.2) is 32.9 Å². The van der Waals surface area contributed by atoms with E-state index in [2.05, 4.69) is 5.32 Å². The Morgan fingerprint density at radius 3 is 2.33 bits per heavy atom. The summed E-state index contributed by atoms with van der Waals surface area (Å²) < 4.78 is 32.7. The maximum Gasteiger partial charge on any atom is 0.271 e. The van der Waals surface area contributed by atoms with Gasteiger partial charge in [-0.1, -0.05) is 36.4 Å². The number of nitro groups is 1. The van der Waals surface area contributed by atoms with E-state index in [0.717, 1.165) is 15.9 Å². The Kier molecular flexibility index (Phi) is 7.29. The van der Waals surface area contributed by atoms with Crippen molar-refractivity contribution >= 4 is 27.3 Å². The average molecular weight is 470 g/mol. The van der Waals surface area contributed by atoms with Gasteiger partial charge in [-0.05, 0) is 42.8 Å². The van der Waals surface area contributed by atoms with E-state index in [1.54, 1.807) is 56.5 Å². The van der Waals surface area contributed by atoms with Gasteiger partial charge in [0.25, 0.3) is 15.7 Å². The van der Waals surface area contributed by atoms with E-state index in [-0.39, 0.29) is 16.3 Å². The highest BCUT2D eigenvalue weighted by molar-refractivity contribution is 7.92. The Hall–Kier alpha value is -3.92. The normalized spacial score (nSPS) is 11.9. The lowest BCUT2D eigenvalue weighted by molar-refractivity contribution is -0.384. The van der Waals surface area contributed by atoms with Crippen molar-refractivity contribution < 1.29 is 22.9 Å². The van der Waals surface area contributed by atoms with Gasteiger partial charge in [-0.2, -0.15) is 0 Å². The van der Waals surface area contributed by atoms with E-state index >= 15 is 0 Å². The third-order valence-corrected chi connectivity index (χ3v) is 6.73. The molecule has 3 aromatic rings. The molecule has 0 bridgehead atoms. The Morgan fingerprint density at radius 1 is 1.06 bits per heavy atom. The van der Waals surface area contributed by atoms with Gasteiger partial charge in [0.1, 0.15) is 12.3 Å². The quantitative estimate of drug-likeness (QED) is 0.377. The number of nitro benzene ring substituents is 1. The Morgan fingerprint density at radius 2 is 1.73 bits per heavy atom. The van der Waals surface area contributed by atoms with Crippen molar-refractivity contribution in [3.05, 3.63) is 94.5 Å². The maximum atomic E-state index is 13.3. The van der Waals surface area contributed by atoms with Gasteiger partial charge in [0.2, 0.25) is 5.91 Å². The predicted molar refractivity (Wildman–Crippen MR) is 124 cm³/mol. The lowest BCUT2D eigenvalue weighted by Gasteiger charge is -2.25. The molecule has 1 unspecified atom stereocenters. The fraction of sp³-hybridized carbons (Fsp3) is 0.174. The number of sulfonamides is 1. The highest BCUT2D eigenvalue weighted by atomic mass is 32.2. The van der Waals surface area contributed by atoms with Crippen LogP contribution in [0.4, 0.5) is 11.4 Å². The molecule has 3 aromatic carbocycles. The molecule has 3 rings (SSSR count). The van der Waals surface area contributed by atoms with Crippen molar-refractivity contribution in [2.75, 3.05) is 18.0 Å². The number of methoxy groups -OCH3 is 1. The zero-order chi connectivity index (χ0) is 24.0. The SMILES string of the molecule is COc1ccc(C(C)NC(=O)CN(c2cccc([N+](=O)[O-])c2)S(=O)(=O)c2ccccc2)cc1. The van der Waals surface area contributed by atoms with Crippen LogP contribution >= 0.6 is 0 Å². The number of hydrogen-bond donors (Lipinski definition) is 1. The van der Waals surface area contributed by atoms with Crippen LogP contribution in [0.25, 0.3) is 0 Å². The molecular weight excluding hydrogens is 446 g/mol. The average Bonchev–Trinajstić information content (AvgIpc) is 2.83. The van der Waals surface area contributed by atoms with Crippen molar-refractivity contribution in [3.8, 4) is 5.75 Å². The molecular formula is C23H23N3O6S. The van der Waals surface area contributed by atoms with Gasteiger partial charge >= 0.3 is 0 Å². The third-order valence-electron chi connectivity index (χ3n) is 4.94. The summed E-state index contributed by atoms with van der Waals surface area (Å²) >= 11 is 0. The summed E-state index contributed by atoms with van der Waals surface area (Å²) in [6.45, 7) is 1.21. The van der Waals surface area contributed by atoms with Gasteiger partial charge in [0.15, 0.2) is 0 Å². The van der Waals surface area contributed by atoms with Gasteiger partial charge in [-0.3, -0.25) is 19.2 Å². The predicted octanol–water partition coefficient (Wildman–Crippen LogP) is 3.68. The van der Waals surface area contributed by atoms with E-state index in [4.69, 9.17) is 4.74 Å². The van der Waals surface area contributed by atoms with Crippen molar-refractivity contribution in [2.45, 2.75) is 17.9 Å². The summed E-state index contributed by atoms with van der Waals surface area (Å²) in [5.74, 6) is 0.104. The van der Waals surface area contributed by atoms with Gasteiger partial charge < -0.3 is 10.1 Å². The van der Waals surface area contributed by atoms with E-state index < -0.39 is 33.4 Å². The second-order valence-electron chi connectivity index (χ2n) is 7.16. The largest absolute Gasteiger partial charge is 0.497 e. The summed E-state index contributed by atoms with van der Waals surface area (Å²) in [4.78, 5) is 23.4. The van der Waals surface area contributed by atoms with Gasteiger partial charge in [0.05, 0.1) is 28.7 Å². The lowest BCUT2D eigenvalue weighted by atomic mass is 10.1. The number of carbonyl (C=O) groups is 1. The van der Waals surface area contributed by atoms with Crippen LogP contribution in [0.5, 0.6) is 5.75 Å². The minimum atomic E-state index is -4.17. The number of anilines is 1. The molecule has 0 heterocycles. The molecule has 0 aliphatic rings. The topological polar surface area (TPSA) is 119 Å². The van der Waals surface area contributed by atoms with Gasteiger partial charge in [-0.25, -0.2) is 8.42 Å². The summed E-state index contributed by atoms with van der Waals surface area (Å²) in [5, 5.41) is 14.0. The molecule has 172 valence electrons. The first-order chi connectivity index (χ1) is 15.7. The van der Waals surface area contributed by atoms with Crippen LogP contribution in [0.2, 0.25) is 0 Å². The van der Waals surface area contributed by atoms with Gasteiger partial charge in [0, 0.05) is 12.1 Å². The second kappa shape index (κ2) is 10.1. The van der Waals surface area contributed by atoms with Crippen LogP contribution < -0.4 is 14.4 Å². The van der Waals surface area contributed by atoms with Crippen LogP contribution in [0.15, 0.2) is 83.8 Å². The number of rotatable bonds is 9. The molecule has 10 heteroatoms. The van der Waals surface area contributed by atoms with Crippen LogP contribution in [0, 0.1) is 10.1 Å². The highest BCUT2D eigenvalue weighted by Gasteiger charge is 2.28. The molecule has 0 fully saturated rings. The molecule has 0 aliphatic heterocycles. The molecule has 33 heavy (non-hydrogen) atoms. The highest BCUT2D eigenvalue weighted by Crippen LogP contribution is 2.27. The van der Waals surface area contributed by atoms with E-state index in [9.17, 15) is 23.3 Å². The summed E-state index contributed by atoms with van der Waals surface area (Å²) in [5.41, 5.74) is 0.532. The second-order valence-corrected chi connectivity index (χ2v) is 9.03. The minimum Gasteiger partial charge on any atom is -0.497 e. The Balaban J connectivity index is 1.90. The van der Waals surface area contributed by atoms with E-state index in [1.807, 2.05) is 0 Å². The summed E-state index contributed by atoms with van der Waals surface area (Å²) in [7, 11) is -2.62.